The van der Waals surface area contributed by atoms with Crippen molar-refractivity contribution in [3.8, 4) is 17.1 Å². The minimum absolute atomic E-state index is 0.0236. The van der Waals surface area contributed by atoms with Crippen LogP contribution in [0.5, 0.6) is 5.75 Å². The Labute approximate surface area is 154 Å². The maximum Gasteiger partial charge on any atom is 0.226 e. The highest BCUT2D eigenvalue weighted by Gasteiger charge is 2.13. The van der Waals surface area contributed by atoms with Gasteiger partial charge in [-0.25, -0.2) is 4.39 Å². The van der Waals surface area contributed by atoms with Gasteiger partial charge in [-0.15, -0.1) is 0 Å². The number of methoxy groups -OCH3 is 1. The second-order valence-corrected chi connectivity index (χ2v) is 5.80. The molecule has 0 unspecified atom stereocenters. The van der Waals surface area contributed by atoms with Crippen LogP contribution in [0.1, 0.15) is 16.1 Å². The van der Waals surface area contributed by atoms with E-state index in [-0.39, 0.29) is 24.7 Å². The number of benzene rings is 2. The smallest absolute Gasteiger partial charge is 0.226 e. The first kappa shape index (κ1) is 18.3. The van der Waals surface area contributed by atoms with Gasteiger partial charge in [-0.05, 0) is 36.4 Å². The average Bonchev–Trinajstić information content (AvgIpc) is 3.15. The predicted octanol–water partition coefficient (Wildman–Crippen LogP) is 3.03. The van der Waals surface area contributed by atoms with E-state index in [2.05, 4.69) is 10.5 Å². The van der Waals surface area contributed by atoms with Crippen LogP contribution in [0.2, 0.25) is 0 Å². The number of amides is 1. The van der Waals surface area contributed by atoms with Gasteiger partial charge in [0.1, 0.15) is 11.6 Å². The van der Waals surface area contributed by atoms with E-state index in [1.54, 1.807) is 19.2 Å². The van der Waals surface area contributed by atoms with Crippen LogP contribution in [-0.4, -0.2) is 30.5 Å². The largest absolute Gasteiger partial charge is 0.497 e. The molecule has 0 bridgehead atoms. The maximum absolute atomic E-state index is 12.9. The molecule has 0 aliphatic carbocycles. The lowest BCUT2D eigenvalue weighted by molar-refractivity contribution is -0.120. The fraction of sp³-hybridized carbons (Fsp3) is 0.150. The minimum Gasteiger partial charge on any atom is -0.497 e. The van der Waals surface area contributed by atoms with Gasteiger partial charge >= 0.3 is 0 Å². The van der Waals surface area contributed by atoms with Crippen LogP contribution in [-0.2, 0) is 11.2 Å². The molecule has 1 aromatic heterocycles. The third kappa shape index (κ3) is 4.78. The molecule has 1 N–H and O–H groups in total. The van der Waals surface area contributed by atoms with Gasteiger partial charge in [-0.2, -0.15) is 0 Å². The number of hydrogen-bond acceptors (Lipinski definition) is 5. The maximum atomic E-state index is 12.9. The third-order valence-electron chi connectivity index (χ3n) is 3.87. The van der Waals surface area contributed by atoms with Crippen molar-refractivity contribution in [3.05, 3.63) is 71.7 Å². The number of carbonyl (C=O) groups is 2. The molecule has 1 heterocycles. The van der Waals surface area contributed by atoms with Gasteiger partial charge in [-0.1, -0.05) is 17.3 Å². The van der Waals surface area contributed by atoms with Crippen molar-refractivity contribution in [2.24, 2.45) is 0 Å². The Morgan fingerprint density at radius 1 is 1.15 bits per heavy atom. The summed E-state index contributed by atoms with van der Waals surface area (Å²) in [5.74, 6) is 0.103. The van der Waals surface area contributed by atoms with Crippen molar-refractivity contribution in [2.45, 2.75) is 6.42 Å². The van der Waals surface area contributed by atoms with E-state index >= 15 is 0 Å². The van der Waals surface area contributed by atoms with Gasteiger partial charge in [-0.3, -0.25) is 9.59 Å². The molecule has 138 valence electrons. The summed E-state index contributed by atoms with van der Waals surface area (Å²) in [6.07, 6.45) is -0.0236. The first-order valence-corrected chi connectivity index (χ1v) is 8.20. The van der Waals surface area contributed by atoms with Crippen molar-refractivity contribution in [2.75, 3.05) is 13.7 Å². The first-order valence-electron chi connectivity index (χ1n) is 8.20. The minimum atomic E-state index is -0.423. The highest BCUT2D eigenvalue weighted by Crippen LogP contribution is 2.24. The fourth-order valence-corrected chi connectivity index (χ4v) is 2.45. The Morgan fingerprint density at radius 2 is 1.93 bits per heavy atom. The molecule has 0 aliphatic rings. The van der Waals surface area contributed by atoms with Crippen LogP contribution in [0.15, 0.2) is 59.1 Å². The quantitative estimate of drug-likeness (QED) is 0.648. The van der Waals surface area contributed by atoms with Gasteiger partial charge in [0.15, 0.2) is 11.5 Å². The van der Waals surface area contributed by atoms with Crippen LogP contribution >= 0.6 is 0 Å². The molecule has 0 fully saturated rings. The zero-order valence-corrected chi connectivity index (χ0v) is 14.6. The van der Waals surface area contributed by atoms with E-state index in [0.29, 0.717) is 22.8 Å². The van der Waals surface area contributed by atoms with Crippen LogP contribution in [0.25, 0.3) is 11.3 Å². The molecule has 2 aromatic carbocycles. The summed E-state index contributed by atoms with van der Waals surface area (Å²) >= 11 is 0. The number of halogens is 1. The number of ether oxygens (including phenoxy) is 1. The number of hydrogen-bond donors (Lipinski definition) is 1. The van der Waals surface area contributed by atoms with Crippen LogP contribution in [0, 0.1) is 5.82 Å². The molecule has 1 amide bonds. The summed E-state index contributed by atoms with van der Waals surface area (Å²) in [6, 6.07) is 14.1. The van der Waals surface area contributed by atoms with E-state index in [0.717, 1.165) is 5.56 Å². The zero-order valence-electron chi connectivity index (χ0n) is 14.6. The van der Waals surface area contributed by atoms with Crippen LogP contribution in [0.3, 0.4) is 0 Å². The topological polar surface area (TPSA) is 81.4 Å². The Balaban J connectivity index is 1.56. The Bertz CT molecular complexity index is 951. The van der Waals surface area contributed by atoms with Crippen LogP contribution < -0.4 is 10.1 Å². The number of carbonyl (C=O) groups excluding carboxylic acids is 2. The highest BCUT2D eigenvalue weighted by molar-refractivity contribution is 5.99. The normalized spacial score (nSPS) is 10.4. The highest BCUT2D eigenvalue weighted by atomic mass is 19.1. The number of Topliss-reactive ketones (excluding diaryl/α,β-unsaturated/α-hetero) is 1. The lowest BCUT2D eigenvalue weighted by Gasteiger charge is -2.03. The summed E-state index contributed by atoms with van der Waals surface area (Å²) in [5, 5.41) is 6.41. The molecule has 0 radical (unpaired) electrons. The van der Waals surface area contributed by atoms with Gasteiger partial charge in [0.2, 0.25) is 5.91 Å². The van der Waals surface area contributed by atoms with E-state index in [1.807, 2.05) is 18.2 Å². The lowest BCUT2D eigenvalue weighted by Crippen LogP contribution is -2.30. The predicted molar refractivity (Wildman–Crippen MR) is 95.9 cm³/mol. The summed E-state index contributed by atoms with van der Waals surface area (Å²) in [4.78, 5) is 24.0. The second kappa shape index (κ2) is 8.27. The monoisotopic (exact) mass is 368 g/mol. The van der Waals surface area contributed by atoms with E-state index in [9.17, 15) is 14.0 Å². The van der Waals surface area contributed by atoms with Crippen molar-refractivity contribution < 1.29 is 23.2 Å². The number of aromatic nitrogens is 1. The summed E-state index contributed by atoms with van der Waals surface area (Å²) < 4.78 is 23.3. The second-order valence-electron chi connectivity index (χ2n) is 5.80. The molecule has 0 spiro atoms. The van der Waals surface area contributed by atoms with Gasteiger partial charge in [0, 0.05) is 17.2 Å². The van der Waals surface area contributed by atoms with Crippen molar-refractivity contribution in [1.82, 2.24) is 10.5 Å². The molecule has 27 heavy (non-hydrogen) atoms. The fourth-order valence-electron chi connectivity index (χ4n) is 2.45. The number of nitrogens with zero attached hydrogens (tertiary/aromatic N) is 1. The molecule has 6 nitrogen and oxygen atoms in total. The lowest BCUT2D eigenvalue weighted by atomic mass is 10.1. The van der Waals surface area contributed by atoms with Crippen molar-refractivity contribution in [3.63, 3.8) is 0 Å². The molecule has 0 atom stereocenters. The first-order chi connectivity index (χ1) is 13.0. The molecular weight excluding hydrogens is 351 g/mol. The molecule has 7 heteroatoms. The average molecular weight is 368 g/mol. The molecule has 3 rings (SSSR count). The molecule has 0 aliphatic heterocycles. The Kier molecular flexibility index (Phi) is 5.61. The summed E-state index contributed by atoms with van der Waals surface area (Å²) in [7, 11) is 1.57. The summed E-state index contributed by atoms with van der Waals surface area (Å²) in [5.41, 5.74) is 1.55. The molecule has 3 aromatic rings. The zero-order chi connectivity index (χ0) is 19.2. The third-order valence-corrected chi connectivity index (χ3v) is 3.87. The Morgan fingerprint density at radius 3 is 2.67 bits per heavy atom. The van der Waals surface area contributed by atoms with Crippen LogP contribution in [0.4, 0.5) is 4.39 Å². The van der Waals surface area contributed by atoms with Crippen molar-refractivity contribution in [1.29, 1.82) is 0 Å². The number of ketones is 1. The SMILES string of the molecule is COc1cccc(-c2cc(CC(=O)NCC(=O)c3ccc(F)cc3)no2)c1. The molecule has 0 saturated heterocycles. The van der Waals surface area contributed by atoms with E-state index < -0.39 is 5.82 Å². The van der Waals surface area contributed by atoms with Gasteiger partial charge in [0.05, 0.1) is 25.8 Å². The Hall–Kier alpha value is -3.48. The van der Waals surface area contributed by atoms with Gasteiger partial charge < -0.3 is 14.6 Å². The summed E-state index contributed by atoms with van der Waals surface area (Å²) in [6.45, 7) is -0.176. The number of rotatable bonds is 7. The van der Waals surface area contributed by atoms with Gasteiger partial charge in [0.25, 0.3) is 0 Å². The number of nitrogens with one attached hydrogen (secondary N) is 1. The molecule has 0 saturated carbocycles. The van der Waals surface area contributed by atoms with E-state index in [4.69, 9.17) is 9.26 Å². The van der Waals surface area contributed by atoms with Crippen molar-refractivity contribution >= 4 is 11.7 Å². The standard InChI is InChI=1S/C20H17FN2O4/c1-26-17-4-2-3-14(9-17)19-10-16(23-27-19)11-20(25)22-12-18(24)13-5-7-15(21)8-6-13/h2-10H,11-12H2,1H3,(H,22,25). The van der Waals surface area contributed by atoms with E-state index in [1.165, 1.54) is 24.3 Å². The molecular formula is C20H17FN2O4.